The van der Waals surface area contributed by atoms with Gasteiger partial charge in [0.05, 0.1) is 24.2 Å². The van der Waals surface area contributed by atoms with Crippen LogP contribution in [0.25, 0.3) is 0 Å². The molecule has 9 heteroatoms. The monoisotopic (exact) mass is 632 g/mol. The van der Waals surface area contributed by atoms with E-state index in [9.17, 15) is 35.4 Å². The molecule has 5 aliphatic carbocycles. The summed E-state index contributed by atoms with van der Waals surface area (Å²) in [5.74, 6) is -0.0575. The van der Waals surface area contributed by atoms with Gasteiger partial charge in [0.1, 0.15) is 24.4 Å². The quantitative estimate of drug-likeness (QED) is 0.203. The highest BCUT2D eigenvalue weighted by atomic mass is 16.7. The molecule has 6 N–H and O–H groups in total. The average Bonchev–Trinajstić information content (AvgIpc) is 2.98. The number of aliphatic hydroxyl groups excluding tert-OH is 6. The molecule has 4 fully saturated rings. The molecule has 1 saturated heterocycles. The highest BCUT2D eigenvalue weighted by Crippen LogP contribution is 2.75. The highest BCUT2D eigenvalue weighted by Gasteiger charge is 2.70. The van der Waals surface area contributed by atoms with Crippen molar-refractivity contribution in [3.8, 4) is 0 Å². The Hall–Kier alpha value is -1.33. The predicted molar refractivity (Wildman–Crippen MR) is 166 cm³/mol. The first kappa shape index (κ1) is 33.6. The third-order valence-corrected chi connectivity index (χ3v) is 14.9. The van der Waals surface area contributed by atoms with Crippen LogP contribution in [-0.2, 0) is 14.3 Å². The Morgan fingerprint density at radius 2 is 1.62 bits per heavy atom. The van der Waals surface area contributed by atoms with Gasteiger partial charge in [0.2, 0.25) is 6.29 Å². The molecular weight excluding hydrogens is 576 g/mol. The van der Waals surface area contributed by atoms with Gasteiger partial charge in [0.15, 0.2) is 0 Å². The van der Waals surface area contributed by atoms with Gasteiger partial charge in [-0.05, 0) is 98.7 Å². The minimum Gasteiger partial charge on any atom is -0.432 e. The van der Waals surface area contributed by atoms with Crippen LogP contribution < -0.4 is 0 Å². The van der Waals surface area contributed by atoms with Crippen molar-refractivity contribution in [2.24, 2.45) is 44.8 Å². The summed E-state index contributed by atoms with van der Waals surface area (Å²) in [5, 5.41) is 63.2. The Balaban J connectivity index is 1.38. The molecule has 254 valence electrons. The largest absolute Gasteiger partial charge is 0.432 e. The van der Waals surface area contributed by atoms with Crippen LogP contribution in [0.1, 0.15) is 99.8 Å². The molecule has 0 radical (unpaired) electrons. The number of fused-ring (bicyclic) bond motifs is 7. The number of ether oxygens (including phenoxy) is 2. The van der Waals surface area contributed by atoms with Gasteiger partial charge in [-0.3, -0.25) is 4.79 Å². The van der Waals surface area contributed by atoms with Crippen LogP contribution in [0.5, 0.6) is 0 Å². The number of hydrogen-bond donors (Lipinski definition) is 6. The lowest BCUT2D eigenvalue weighted by molar-refractivity contribution is -0.296. The molecule has 9 nitrogen and oxygen atoms in total. The van der Waals surface area contributed by atoms with Gasteiger partial charge >= 0.3 is 5.97 Å². The van der Waals surface area contributed by atoms with E-state index in [2.05, 4.69) is 54.5 Å². The van der Waals surface area contributed by atoms with Crippen molar-refractivity contribution in [1.29, 1.82) is 0 Å². The lowest BCUT2D eigenvalue weighted by Crippen LogP contribution is -2.67. The predicted octanol–water partition coefficient (Wildman–Crippen LogP) is 3.38. The zero-order valence-electron chi connectivity index (χ0n) is 28.1. The highest BCUT2D eigenvalue weighted by molar-refractivity contribution is 5.80. The summed E-state index contributed by atoms with van der Waals surface area (Å²) >= 11 is 0. The number of rotatable bonds is 3. The molecule has 45 heavy (non-hydrogen) atoms. The second kappa shape index (κ2) is 10.8. The van der Waals surface area contributed by atoms with Crippen LogP contribution in [-0.4, -0.2) is 86.1 Å². The van der Waals surface area contributed by atoms with E-state index in [1.165, 1.54) is 16.7 Å². The van der Waals surface area contributed by atoms with Gasteiger partial charge in [-0.2, -0.15) is 0 Å². The van der Waals surface area contributed by atoms with Gasteiger partial charge in [-0.25, -0.2) is 0 Å². The summed E-state index contributed by atoms with van der Waals surface area (Å²) in [4.78, 5) is 14.4. The lowest BCUT2D eigenvalue weighted by Gasteiger charge is -2.71. The van der Waals surface area contributed by atoms with Crippen molar-refractivity contribution in [1.82, 2.24) is 0 Å². The first-order valence-electron chi connectivity index (χ1n) is 17.1. The molecule has 6 rings (SSSR count). The van der Waals surface area contributed by atoms with Gasteiger partial charge < -0.3 is 40.1 Å². The summed E-state index contributed by atoms with van der Waals surface area (Å²) in [5.41, 5.74) is 2.04. The Kier molecular flexibility index (Phi) is 8.09. The summed E-state index contributed by atoms with van der Waals surface area (Å²) in [6, 6.07) is 0. The van der Waals surface area contributed by atoms with Crippen molar-refractivity contribution in [2.75, 3.05) is 6.61 Å². The third kappa shape index (κ3) is 4.40. The van der Waals surface area contributed by atoms with Crippen LogP contribution in [0, 0.1) is 44.8 Å². The molecule has 0 amide bonds. The second-order valence-corrected chi connectivity index (χ2v) is 17.0. The average molecular weight is 633 g/mol. The van der Waals surface area contributed by atoms with Crippen molar-refractivity contribution < 1.29 is 44.9 Å². The fourth-order valence-corrected chi connectivity index (χ4v) is 11.9. The lowest BCUT2D eigenvalue weighted by atomic mass is 9.33. The van der Waals surface area contributed by atoms with Crippen molar-refractivity contribution in [3.63, 3.8) is 0 Å². The van der Waals surface area contributed by atoms with Crippen LogP contribution >= 0.6 is 0 Å². The van der Waals surface area contributed by atoms with Crippen LogP contribution in [0.4, 0.5) is 0 Å². The first-order valence-corrected chi connectivity index (χ1v) is 17.1. The molecular formula is C36H56O9. The molecule has 0 spiro atoms. The Labute approximate surface area is 267 Å². The Morgan fingerprint density at radius 3 is 2.29 bits per heavy atom. The van der Waals surface area contributed by atoms with Crippen LogP contribution in [0.2, 0.25) is 0 Å². The SMILES string of the molecule is CC1=C(C)[C@H]2C3=CC[C@@H]4[C@@]5(C)C[C@@H](O)[C@@H](O)C(C)(C)[C@@H]5CC[C@@]4(C)[C@]3(C)CC[C@@]2(C(=O)O[C@@H]2O[C@H](CO)[C@@H](O)[C@H](O)[C@H]2O)CC1. The minimum absolute atomic E-state index is 0.0839. The standard InChI is InChI=1S/C36H56O9/c1-18-10-13-36(31(43)45-30-28(41)27(40)26(39)22(17-37)44-30)15-14-34(6)20(25(36)19(18)2)8-9-24-33(5)16-21(38)29(42)32(3,4)23(33)11-12-35(24,34)7/h8,21-30,37-42H,9-17H2,1-7H3/t21-,22-,23+,24-,25+,26-,27+,28-,29-,30+,33+,34-,35-,36+/m1/s1. The fourth-order valence-electron chi connectivity index (χ4n) is 11.9. The number of carbonyl (C=O) groups is 1. The number of aliphatic hydroxyl groups is 6. The summed E-state index contributed by atoms with van der Waals surface area (Å²) in [7, 11) is 0. The van der Waals surface area contributed by atoms with Crippen molar-refractivity contribution >= 4 is 5.97 Å². The van der Waals surface area contributed by atoms with E-state index in [1.807, 2.05) is 0 Å². The zero-order valence-corrected chi connectivity index (χ0v) is 28.1. The van der Waals surface area contributed by atoms with Crippen molar-refractivity contribution in [2.45, 2.75) is 143 Å². The molecule has 6 aliphatic rings. The second-order valence-electron chi connectivity index (χ2n) is 17.0. The van der Waals surface area contributed by atoms with E-state index in [4.69, 9.17) is 9.47 Å². The maximum Gasteiger partial charge on any atom is 0.315 e. The van der Waals surface area contributed by atoms with E-state index < -0.39 is 66.3 Å². The number of allylic oxidation sites excluding steroid dienone is 4. The minimum atomic E-state index is -1.64. The molecule has 0 unspecified atom stereocenters. The summed E-state index contributed by atoms with van der Waals surface area (Å²) < 4.78 is 11.5. The Morgan fingerprint density at radius 1 is 0.933 bits per heavy atom. The number of hydrogen-bond acceptors (Lipinski definition) is 9. The topological polar surface area (TPSA) is 157 Å². The number of carbonyl (C=O) groups excluding carboxylic acids is 1. The summed E-state index contributed by atoms with van der Waals surface area (Å²) in [6.45, 7) is 15.1. The smallest absolute Gasteiger partial charge is 0.315 e. The molecule has 3 saturated carbocycles. The van der Waals surface area contributed by atoms with E-state index in [1.54, 1.807) is 0 Å². The molecule has 0 aromatic rings. The number of esters is 1. The maximum absolute atomic E-state index is 14.4. The van der Waals surface area contributed by atoms with E-state index in [0.29, 0.717) is 25.2 Å². The van der Waals surface area contributed by atoms with Gasteiger partial charge in [-0.15, -0.1) is 0 Å². The summed E-state index contributed by atoms with van der Waals surface area (Å²) in [6.07, 6.45) is -0.404. The molecule has 0 bridgehead atoms. The molecule has 1 aliphatic heterocycles. The molecule has 0 aromatic heterocycles. The van der Waals surface area contributed by atoms with E-state index >= 15 is 0 Å². The third-order valence-electron chi connectivity index (χ3n) is 14.9. The molecule has 14 atom stereocenters. The van der Waals surface area contributed by atoms with Crippen molar-refractivity contribution in [3.05, 3.63) is 22.8 Å². The van der Waals surface area contributed by atoms with Crippen LogP contribution in [0.3, 0.4) is 0 Å². The van der Waals surface area contributed by atoms with Gasteiger partial charge in [0.25, 0.3) is 0 Å². The molecule has 1 heterocycles. The van der Waals surface area contributed by atoms with Gasteiger partial charge in [0, 0.05) is 5.92 Å². The molecule has 0 aromatic carbocycles. The fraction of sp³-hybridized carbons (Fsp3) is 0.861. The van der Waals surface area contributed by atoms with E-state index in [-0.39, 0.29) is 28.1 Å². The van der Waals surface area contributed by atoms with E-state index in [0.717, 1.165) is 32.1 Å². The normalized spacial score (nSPS) is 52.5. The Bertz CT molecular complexity index is 1270. The van der Waals surface area contributed by atoms with Crippen LogP contribution in [0.15, 0.2) is 22.8 Å². The maximum atomic E-state index is 14.4. The first-order chi connectivity index (χ1) is 20.9. The zero-order chi connectivity index (χ0) is 33.1. The van der Waals surface area contributed by atoms with Gasteiger partial charge in [-0.1, -0.05) is 57.4 Å².